The second-order valence-corrected chi connectivity index (χ2v) is 9.57. The van der Waals surface area contributed by atoms with Crippen LogP contribution in [0.1, 0.15) is 20.3 Å². The van der Waals surface area contributed by atoms with Crippen molar-refractivity contribution in [3.05, 3.63) is 0 Å². The number of hydrogen-bond donors (Lipinski definition) is 1. The van der Waals surface area contributed by atoms with E-state index >= 15 is 0 Å². The van der Waals surface area contributed by atoms with Gasteiger partial charge < -0.3 is 9.72 Å². The molecule has 3 nitrogen and oxygen atoms in total. The Hall–Kier alpha value is -0.353. The molecule has 84 valence electrons. The lowest BCUT2D eigenvalue weighted by atomic mass is 10.0. The van der Waals surface area contributed by atoms with Gasteiger partial charge in [0.05, 0.1) is 7.11 Å². The molecular formula is C10H23NO2Si. The first-order chi connectivity index (χ1) is 6.31. The summed E-state index contributed by atoms with van der Waals surface area (Å²) in [6.07, 6.45) is 0.983. The average molecular weight is 217 g/mol. The van der Waals surface area contributed by atoms with E-state index in [-0.39, 0.29) is 12.0 Å². The number of carbonyl (C=O) groups excluding carboxylic acids is 1. The zero-order valence-corrected chi connectivity index (χ0v) is 11.2. The van der Waals surface area contributed by atoms with E-state index in [4.69, 9.17) is 4.74 Å². The van der Waals surface area contributed by atoms with Crippen molar-refractivity contribution in [3.8, 4) is 0 Å². The Morgan fingerprint density at radius 2 is 1.93 bits per heavy atom. The molecule has 0 aromatic rings. The number of rotatable bonds is 5. The molecule has 0 aliphatic rings. The summed E-state index contributed by atoms with van der Waals surface area (Å²) >= 11 is 0. The topological polar surface area (TPSA) is 38.3 Å². The fraction of sp³-hybridized carbons (Fsp3) is 0.900. The van der Waals surface area contributed by atoms with E-state index in [1.54, 1.807) is 0 Å². The summed E-state index contributed by atoms with van der Waals surface area (Å²) in [6.45, 7) is 10.7. The summed E-state index contributed by atoms with van der Waals surface area (Å²) in [5, 5.41) is 0. The molecule has 0 aliphatic heterocycles. The highest BCUT2D eigenvalue weighted by atomic mass is 28.3. The Kier molecular flexibility index (Phi) is 5.37. The van der Waals surface area contributed by atoms with Crippen LogP contribution >= 0.6 is 0 Å². The van der Waals surface area contributed by atoms with Crippen LogP contribution in [0.2, 0.25) is 19.6 Å². The normalized spacial score (nSPS) is 16.1. The van der Waals surface area contributed by atoms with Gasteiger partial charge in [0.15, 0.2) is 0 Å². The van der Waals surface area contributed by atoms with Crippen molar-refractivity contribution >= 4 is 14.2 Å². The Labute approximate surface area is 88.3 Å². The maximum absolute atomic E-state index is 11.5. The molecule has 0 saturated heterocycles. The number of carbonyl (C=O) groups is 1. The van der Waals surface area contributed by atoms with Crippen molar-refractivity contribution in [3.63, 3.8) is 0 Å². The van der Waals surface area contributed by atoms with Crippen LogP contribution in [0.15, 0.2) is 0 Å². The summed E-state index contributed by atoms with van der Waals surface area (Å²) < 4.78 is 4.80. The van der Waals surface area contributed by atoms with Crippen LogP contribution in [0, 0.1) is 5.92 Å². The zero-order valence-electron chi connectivity index (χ0n) is 10.2. The van der Waals surface area contributed by atoms with Crippen molar-refractivity contribution in [2.24, 2.45) is 5.92 Å². The quantitative estimate of drug-likeness (QED) is 0.565. The van der Waals surface area contributed by atoms with Gasteiger partial charge in [0, 0.05) is 0 Å². The molecule has 0 saturated carbocycles. The first-order valence-electron chi connectivity index (χ1n) is 5.17. The molecule has 0 bridgehead atoms. The van der Waals surface area contributed by atoms with Gasteiger partial charge in [-0.05, 0) is 5.92 Å². The van der Waals surface area contributed by atoms with Gasteiger partial charge in [-0.1, -0.05) is 39.9 Å². The first kappa shape index (κ1) is 13.6. The molecule has 14 heavy (non-hydrogen) atoms. The summed E-state index contributed by atoms with van der Waals surface area (Å²) in [4.78, 5) is 14.9. The smallest absolute Gasteiger partial charge is 0.322 e. The summed E-state index contributed by atoms with van der Waals surface area (Å²) in [5.41, 5.74) is 0. The van der Waals surface area contributed by atoms with Crippen molar-refractivity contribution in [1.82, 2.24) is 4.98 Å². The van der Waals surface area contributed by atoms with Gasteiger partial charge in [0.25, 0.3) is 0 Å². The van der Waals surface area contributed by atoms with E-state index in [1.165, 1.54) is 7.11 Å². The van der Waals surface area contributed by atoms with Gasteiger partial charge in [-0.2, -0.15) is 0 Å². The minimum absolute atomic E-state index is 0.137. The Bertz CT molecular complexity index is 189. The third kappa shape index (κ3) is 4.76. The predicted octanol–water partition coefficient (Wildman–Crippen LogP) is 2.00. The van der Waals surface area contributed by atoms with Gasteiger partial charge in [-0.15, -0.1) is 0 Å². The SMILES string of the molecule is CCC(C)C(N[Si](C)(C)C)C(=O)OC. The molecule has 0 spiro atoms. The molecule has 4 heteroatoms. The molecule has 0 amide bonds. The van der Waals surface area contributed by atoms with E-state index in [0.29, 0.717) is 5.92 Å². The van der Waals surface area contributed by atoms with Crippen LogP contribution in [0.5, 0.6) is 0 Å². The number of hydrogen-bond acceptors (Lipinski definition) is 3. The van der Waals surface area contributed by atoms with Crippen LogP contribution in [-0.4, -0.2) is 27.4 Å². The number of nitrogens with one attached hydrogen (secondary N) is 1. The molecule has 0 aromatic heterocycles. The Balaban J connectivity index is 4.48. The molecule has 1 N–H and O–H groups in total. The fourth-order valence-electron chi connectivity index (χ4n) is 1.26. The van der Waals surface area contributed by atoms with Crippen molar-refractivity contribution in [1.29, 1.82) is 0 Å². The maximum atomic E-state index is 11.5. The third-order valence-corrected chi connectivity index (χ3v) is 3.43. The van der Waals surface area contributed by atoms with Crippen LogP contribution < -0.4 is 4.98 Å². The summed E-state index contributed by atoms with van der Waals surface area (Å²) in [5.74, 6) is 0.191. The van der Waals surface area contributed by atoms with Crippen molar-refractivity contribution in [2.45, 2.75) is 46.0 Å². The monoisotopic (exact) mass is 217 g/mol. The average Bonchev–Trinajstić information content (AvgIpc) is 2.10. The molecule has 0 radical (unpaired) electrons. The summed E-state index contributed by atoms with van der Waals surface area (Å²) in [6, 6.07) is -0.142. The van der Waals surface area contributed by atoms with Crippen molar-refractivity contribution < 1.29 is 9.53 Å². The number of methoxy groups -OCH3 is 1. The fourth-order valence-corrected chi connectivity index (χ4v) is 2.60. The van der Waals surface area contributed by atoms with E-state index < -0.39 is 8.24 Å². The van der Waals surface area contributed by atoms with Crippen molar-refractivity contribution in [2.75, 3.05) is 7.11 Å². The Morgan fingerprint density at radius 1 is 1.43 bits per heavy atom. The number of ether oxygens (including phenoxy) is 1. The molecule has 0 fully saturated rings. The molecular weight excluding hydrogens is 194 g/mol. The lowest BCUT2D eigenvalue weighted by Crippen LogP contribution is -2.54. The minimum atomic E-state index is -1.43. The molecule has 2 atom stereocenters. The Morgan fingerprint density at radius 3 is 2.21 bits per heavy atom. The molecule has 0 aliphatic carbocycles. The van der Waals surface area contributed by atoms with Crippen LogP contribution in [0.4, 0.5) is 0 Å². The highest BCUT2D eigenvalue weighted by molar-refractivity contribution is 6.73. The highest BCUT2D eigenvalue weighted by Crippen LogP contribution is 2.12. The van der Waals surface area contributed by atoms with Gasteiger partial charge in [-0.25, -0.2) is 0 Å². The largest absolute Gasteiger partial charge is 0.468 e. The van der Waals surface area contributed by atoms with Gasteiger partial charge in [-0.3, -0.25) is 4.79 Å². The van der Waals surface area contributed by atoms with E-state index in [0.717, 1.165) is 6.42 Å². The van der Waals surface area contributed by atoms with Crippen LogP contribution in [0.3, 0.4) is 0 Å². The van der Waals surface area contributed by atoms with Gasteiger partial charge >= 0.3 is 5.97 Å². The molecule has 2 unspecified atom stereocenters. The van der Waals surface area contributed by atoms with E-state index in [1.807, 2.05) is 0 Å². The lowest BCUT2D eigenvalue weighted by Gasteiger charge is -2.28. The minimum Gasteiger partial charge on any atom is -0.468 e. The standard InChI is InChI=1S/C10H23NO2Si/c1-7-8(2)9(10(12)13-3)11-14(4,5)6/h8-9,11H,7H2,1-6H3. The second kappa shape index (κ2) is 5.51. The maximum Gasteiger partial charge on any atom is 0.322 e. The molecule has 0 rings (SSSR count). The van der Waals surface area contributed by atoms with Crippen LogP contribution in [-0.2, 0) is 9.53 Å². The predicted molar refractivity (Wildman–Crippen MR) is 61.7 cm³/mol. The van der Waals surface area contributed by atoms with Gasteiger partial charge in [0.2, 0.25) is 0 Å². The number of esters is 1. The van der Waals surface area contributed by atoms with E-state index in [9.17, 15) is 4.79 Å². The molecule has 0 heterocycles. The lowest BCUT2D eigenvalue weighted by molar-refractivity contribution is -0.144. The second-order valence-electron chi connectivity index (χ2n) is 4.78. The summed E-state index contributed by atoms with van der Waals surface area (Å²) in [7, 11) is 0.0188. The molecule has 0 aromatic carbocycles. The zero-order chi connectivity index (χ0) is 11.4. The van der Waals surface area contributed by atoms with Gasteiger partial charge in [0.1, 0.15) is 14.3 Å². The van der Waals surface area contributed by atoms with Crippen LogP contribution in [0.25, 0.3) is 0 Å². The first-order valence-corrected chi connectivity index (χ1v) is 8.67. The highest BCUT2D eigenvalue weighted by Gasteiger charge is 2.29. The van der Waals surface area contributed by atoms with E-state index in [2.05, 4.69) is 38.5 Å². The third-order valence-electron chi connectivity index (χ3n) is 2.26.